The van der Waals surface area contributed by atoms with Crippen molar-refractivity contribution in [3.05, 3.63) is 0 Å². The summed E-state index contributed by atoms with van der Waals surface area (Å²) in [5.74, 6) is -0.850. The molecule has 0 aliphatic carbocycles. The van der Waals surface area contributed by atoms with Crippen molar-refractivity contribution < 1.29 is 23.9 Å². The first-order valence-electron chi connectivity index (χ1n) is 8.52. The molecule has 1 fully saturated rings. The number of alkyl halides is 1. The van der Waals surface area contributed by atoms with E-state index in [-0.39, 0.29) is 16.7 Å². The van der Waals surface area contributed by atoms with E-state index in [9.17, 15) is 14.4 Å². The molecule has 1 rings (SSSR count). The van der Waals surface area contributed by atoms with Gasteiger partial charge in [0.1, 0.15) is 11.6 Å². The highest BCUT2D eigenvalue weighted by Gasteiger charge is 2.38. The molecule has 0 radical (unpaired) electrons. The molecule has 1 N–H and O–H groups in total. The van der Waals surface area contributed by atoms with Crippen molar-refractivity contribution in [2.75, 3.05) is 6.54 Å². The number of carbonyl (C=O) groups excluding carboxylic acids is 3. The molecule has 25 heavy (non-hydrogen) atoms. The highest BCUT2D eigenvalue weighted by Crippen LogP contribution is 2.25. The van der Waals surface area contributed by atoms with Crippen LogP contribution in [0.3, 0.4) is 0 Å². The number of rotatable bonds is 4. The summed E-state index contributed by atoms with van der Waals surface area (Å²) in [6.45, 7) is 10.7. The highest BCUT2D eigenvalue weighted by molar-refractivity contribution is 9.09. The predicted octanol–water partition coefficient (Wildman–Crippen LogP) is 2.81. The molecule has 3 atom stereocenters. The second-order valence-corrected chi connectivity index (χ2v) is 8.88. The fraction of sp³-hybridized carbons (Fsp3) is 0.824. The maximum atomic E-state index is 13.0. The van der Waals surface area contributed by atoms with Crippen LogP contribution in [0, 0.1) is 5.92 Å². The molecule has 0 aromatic carbocycles. The molecule has 0 aromatic heterocycles. The molecule has 7 nitrogen and oxygen atoms in total. The quantitative estimate of drug-likeness (QED) is 0.558. The maximum absolute atomic E-state index is 13.0. The Balaban J connectivity index is 2.88. The number of likely N-dealkylation sites (tertiary alicyclic amines) is 1. The minimum atomic E-state index is -0.750. The zero-order valence-corrected chi connectivity index (χ0v) is 17.4. The van der Waals surface area contributed by atoms with E-state index in [4.69, 9.17) is 9.47 Å². The summed E-state index contributed by atoms with van der Waals surface area (Å²) in [5, 5.41) is 2.65. The Morgan fingerprint density at radius 3 is 2.32 bits per heavy atom. The maximum Gasteiger partial charge on any atom is 0.408 e. The minimum Gasteiger partial charge on any atom is -0.444 e. The molecule has 0 saturated carbocycles. The molecule has 144 valence electrons. The monoisotopic (exact) mass is 420 g/mol. The van der Waals surface area contributed by atoms with Gasteiger partial charge in [-0.1, -0.05) is 29.8 Å². The van der Waals surface area contributed by atoms with Crippen molar-refractivity contribution in [3.63, 3.8) is 0 Å². The number of ether oxygens (including phenoxy) is 2. The summed E-state index contributed by atoms with van der Waals surface area (Å²) in [7, 11) is 0. The van der Waals surface area contributed by atoms with E-state index in [0.717, 1.165) is 6.42 Å². The van der Waals surface area contributed by atoms with Crippen molar-refractivity contribution in [2.45, 2.75) is 77.1 Å². The molecule has 8 heteroatoms. The fourth-order valence-electron chi connectivity index (χ4n) is 2.57. The molecule has 1 unspecified atom stereocenters. The van der Waals surface area contributed by atoms with Gasteiger partial charge in [0.15, 0.2) is 6.23 Å². The van der Waals surface area contributed by atoms with Gasteiger partial charge in [-0.2, -0.15) is 0 Å². The standard InChI is InChI=1S/C17H29BrN2O5/c1-10(2)14(19-16(23)25-17(4,5)6)15(22)20-8-7-12(18)9-13(20)24-11(3)21/h10,12-14H,7-9H2,1-6H3,(H,19,23)/t12-,13?,14+/m0/s1. The van der Waals surface area contributed by atoms with Crippen molar-refractivity contribution in [3.8, 4) is 0 Å². The topological polar surface area (TPSA) is 84.9 Å². The number of amides is 2. The van der Waals surface area contributed by atoms with Crippen LogP contribution in [0.15, 0.2) is 0 Å². The highest BCUT2D eigenvalue weighted by atomic mass is 79.9. The van der Waals surface area contributed by atoms with Crippen LogP contribution < -0.4 is 5.32 Å². The first-order valence-corrected chi connectivity index (χ1v) is 9.43. The lowest BCUT2D eigenvalue weighted by Crippen LogP contribution is -2.57. The summed E-state index contributed by atoms with van der Waals surface area (Å²) in [5.41, 5.74) is -0.650. The molecule has 2 amide bonds. The number of piperidine rings is 1. The molecule has 1 aliphatic heterocycles. The van der Waals surface area contributed by atoms with Crippen LogP contribution >= 0.6 is 15.9 Å². The van der Waals surface area contributed by atoms with Crippen LogP contribution in [0.5, 0.6) is 0 Å². The van der Waals surface area contributed by atoms with Gasteiger partial charge in [0, 0.05) is 24.7 Å². The normalized spacial score (nSPS) is 22.3. The Bertz CT molecular complexity index is 504. The lowest BCUT2D eigenvalue weighted by molar-refractivity contribution is -0.167. The van der Waals surface area contributed by atoms with Gasteiger partial charge < -0.3 is 19.7 Å². The zero-order chi connectivity index (χ0) is 19.4. The molecule has 1 saturated heterocycles. The van der Waals surface area contributed by atoms with E-state index < -0.39 is 29.9 Å². The third-order valence-electron chi connectivity index (χ3n) is 3.68. The number of hydrogen-bond donors (Lipinski definition) is 1. The second kappa shape index (κ2) is 8.87. The average Bonchev–Trinajstić information content (AvgIpc) is 2.41. The summed E-state index contributed by atoms with van der Waals surface area (Å²) in [4.78, 5) is 38.1. The van der Waals surface area contributed by atoms with Crippen LogP contribution in [-0.2, 0) is 19.1 Å². The number of esters is 1. The lowest BCUT2D eigenvalue weighted by Gasteiger charge is -2.39. The van der Waals surface area contributed by atoms with E-state index in [1.165, 1.54) is 11.8 Å². The number of alkyl carbamates (subject to hydrolysis) is 1. The van der Waals surface area contributed by atoms with Gasteiger partial charge in [0.2, 0.25) is 5.91 Å². The van der Waals surface area contributed by atoms with Crippen LogP contribution in [-0.4, -0.2) is 52.1 Å². The number of carbonyl (C=O) groups is 3. The van der Waals surface area contributed by atoms with Gasteiger partial charge in [0.25, 0.3) is 0 Å². The Hall–Kier alpha value is -1.31. The molecule has 0 spiro atoms. The zero-order valence-electron chi connectivity index (χ0n) is 15.8. The van der Waals surface area contributed by atoms with Crippen molar-refractivity contribution in [2.24, 2.45) is 5.92 Å². The molecule has 1 aliphatic rings. The fourth-order valence-corrected chi connectivity index (χ4v) is 3.09. The minimum absolute atomic E-state index is 0.139. The molecule has 0 aromatic rings. The molecular weight excluding hydrogens is 392 g/mol. The van der Waals surface area contributed by atoms with Crippen molar-refractivity contribution in [1.29, 1.82) is 0 Å². The Morgan fingerprint density at radius 1 is 1.24 bits per heavy atom. The third-order valence-corrected chi connectivity index (χ3v) is 4.51. The van der Waals surface area contributed by atoms with E-state index in [1.807, 2.05) is 13.8 Å². The SMILES string of the molecule is CC(=O)OC1C[C@@H](Br)CCN1C(=O)[C@H](NC(=O)OC(C)(C)C)C(C)C. The van der Waals surface area contributed by atoms with Gasteiger partial charge >= 0.3 is 12.1 Å². The third kappa shape index (κ3) is 7.22. The smallest absolute Gasteiger partial charge is 0.408 e. The lowest BCUT2D eigenvalue weighted by atomic mass is 10.0. The van der Waals surface area contributed by atoms with E-state index in [2.05, 4.69) is 21.2 Å². The Kier molecular flexibility index (Phi) is 7.71. The van der Waals surface area contributed by atoms with Gasteiger partial charge in [0.05, 0.1) is 0 Å². The van der Waals surface area contributed by atoms with E-state index >= 15 is 0 Å². The van der Waals surface area contributed by atoms with Gasteiger partial charge in [-0.3, -0.25) is 9.59 Å². The number of nitrogens with zero attached hydrogens (tertiary/aromatic N) is 1. The van der Waals surface area contributed by atoms with Crippen molar-refractivity contribution >= 4 is 33.9 Å². The van der Waals surface area contributed by atoms with Gasteiger partial charge in [-0.25, -0.2) is 4.79 Å². The van der Waals surface area contributed by atoms with E-state index in [0.29, 0.717) is 13.0 Å². The summed E-state index contributed by atoms with van der Waals surface area (Å²) in [6, 6.07) is -0.750. The van der Waals surface area contributed by atoms with Crippen LogP contribution in [0.2, 0.25) is 0 Å². The Morgan fingerprint density at radius 2 is 1.84 bits per heavy atom. The van der Waals surface area contributed by atoms with Crippen LogP contribution in [0.25, 0.3) is 0 Å². The van der Waals surface area contributed by atoms with Crippen LogP contribution in [0.4, 0.5) is 4.79 Å². The second-order valence-electron chi connectivity index (χ2n) is 7.59. The number of hydrogen-bond acceptors (Lipinski definition) is 5. The largest absolute Gasteiger partial charge is 0.444 e. The van der Waals surface area contributed by atoms with Crippen molar-refractivity contribution in [1.82, 2.24) is 10.2 Å². The summed E-state index contributed by atoms with van der Waals surface area (Å²) < 4.78 is 10.6. The first kappa shape index (κ1) is 21.7. The molecule has 1 heterocycles. The van der Waals surface area contributed by atoms with Gasteiger partial charge in [-0.05, 0) is 33.1 Å². The van der Waals surface area contributed by atoms with E-state index in [1.54, 1.807) is 20.8 Å². The first-order chi connectivity index (χ1) is 11.4. The predicted molar refractivity (Wildman–Crippen MR) is 97.2 cm³/mol. The summed E-state index contributed by atoms with van der Waals surface area (Å²) in [6.07, 6.45) is -0.00709. The number of nitrogens with one attached hydrogen (secondary N) is 1. The Labute approximate surface area is 157 Å². The van der Waals surface area contributed by atoms with Crippen LogP contribution in [0.1, 0.15) is 54.4 Å². The summed E-state index contributed by atoms with van der Waals surface area (Å²) >= 11 is 3.52. The molecule has 0 bridgehead atoms. The average molecular weight is 421 g/mol. The molecular formula is C17H29BrN2O5. The number of halogens is 1. The van der Waals surface area contributed by atoms with Gasteiger partial charge in [-0.15, -0.1) is 0 Å².